The Balaban J connectivity index is 1.10. The highest BCUT2D eigenvalue weighted by Gasteiger charge is 2.27. The van der Waals surface area contributed by atoms with Gasteiger partial charge in [-0.25, -0.2) is 9.97 Å². The summed E-state index contributed by atoms with van der Waals surface area (Å²) < 4.78 is 5.50. The molecule has 4 aromatic rings. The number of ether oxygens (including phenoxy) is 1. The zero-order chi connectivity index (χ0) is 25.0. The summed E-state index contributed by atoms with van der Waals surface area (Å²) in [5.74, 6) is 2.10. The van der Waals surface area contributed by atoms with Gasteiger partial charge in [0.15, 0.2) is 0 Å². The van der Waals surface area contributed by atoms with Crippen LogP contribution in [0.3, 0.4) is 0 Å². The highest BCUT2D eigenvalue weighted by molar-refractivity contribution is 5.98. The maximum Gasteiger partial charge on any atom is 0.270 e. The lowest BCUT2D eigenvalue weighted by Crippen LogP contribution is -2.39. The third-order valence-corrected chi connectivity index (χ3v) is 7.60. The molecule has 2 aliphatic heterocycles. The molecule has 1 aromatic carbocycles. The van der Waals surface area contributed by atoms with Crippen LogP contribution in [0.4, 0.5) is 11.6 Å². The molecule has 6 rings (SSSR count). The first-order valence-corrected chi connectivity index (χ1v) is 13.2. The summed E-state index contributed by atoms with van der Waals surface area (Å²) in [5.41, 5.74) is 3.99. The zero-order valence-electron chi connectivity index (χ0n) is 20.9. The largest absolute Gasteiger partial charge is 0.381 e. The van der Waals surface area contributed by atoms with Gasteiger partial charge in [0, 0.05) is 55.3 Å². The van der Waals surface area contributed by atoms with E-state index in [0.717, 1.165) is 79.0 Å². The molecule has 8 nitrogen and oxygen atoms in total. The van der Waals surface area contributed by atoms with E-state index in [2.05, 4.69) is 25.3 Å². The number of H-pyrrole nitrogens is 1. The lowest BCUT2D eigenvalue weighted by atomic mass is 9.84. The molecular weight excluding hydrogens is 464 g/mol. The number of carbonyl (C=O) groups is 1. The Morgan fingerprint density at radius 1 is 0.946 bits per heavy atom. The minimum Gasteiger partial charge on any atom is -0.381 e. The van der Waals surface area contributed by atoms with Crippen LogP contribution in [0.15, 0.2) is 60.9 Å². The molecule has 3 aromatic heterocycles. The van der Waals surface area contributed by atoms with Gasteiger partial charge in [-0.1, -0.05) is 6.07 Å². The van der Waals surface area contributed by atoms with Gasteiger partial charge < -0.3 is 19.9 Å². The fourth-order valence-corrected chi connectivity index (χ4v) is 5.53. The molecule has 0 bridgehead atoms. The molecule has 0 atom stereocenters. The smallest absolute Gasteiger partial charge is 0.270 e. The normalized spacial score (nSPS) is 17.2. The molecule has 37 heavy (non-hydrogen) atoms. The van der Waals surface area contributed by atoms with E-state index < -0.39 is 0 Å². The average molecular weight is 497 g/mol. The van der Waals surface area contributed by atoms with Crippen LogP contribution in [-0.4, -0.2) is 57.0 Å². The molecule has 0 spiro atoms. The number of fused-ring (bicyclic) bond motifs is 1. The minimum atomic E-state index is 0.0848. The van der Waals surface area contributed by atoms with Crippen LogP contribution < -0.4 is 5.32 Å². The van der Waals surface area contributed by atoms with E-state index in [4.69, 9.17) is 4.74 Å². The van der Waals surface area contributed by atoms with Crippen molar-refractivity contribution in [3.8, 4) is 11.4 Å². The van der Waals surface area contributed by atoms with Crippen LogP contribution in [0.25, 0.3) is 22.3 Å². The number of anilines is 2. The van der Waals surface area contributed by atoms with Crippen molar-refractivity contribution in [3.05, 3.63) is 66.6 Å². The molecule has 8 heteroatoms. The number of benzene rings is 1. The fourth-order valence-electron chi connectivity index (χ4n) is 5.53. The minimum absolute atomic E-state index is 0.0848. The van der Waals surface area contributed by atoms with Crippen molar-refractivity contribution in [1.29, 1.82) is 0 Å². The first-order chi connectivity index (χ1) is 18.2. The number of rotatable bonds is 6. The monoisotopic (exact) mass is 496 g/mol. The highest BCUT2D eigenvalue weighted by Crippen LogP contribution is 2.30. The number of piperidine rings is 1. The third-order valence-electron chi connectivity index (χ3n) is 7.60. The Hall–Kier alpha value is -3.78. The topological polar surface area (TPSA) is 96.0 Å². The molecule has 2 aliphatic rings. The van der Waals surface area contributed by atoms with Crippen LogP contribution in [-0.2, 0) is 4.74 Å². The van der Waals surface area contributed by atoms with Crippen molar-refractivity contribution in [2.24, 2.45) is 11.8 Å². The first-order valence-electron chi connectivity index (χ1n) is 13.2. The molecule has 0 saturated carbocycles. The second-order valence-electron chi connectivity index (χ2n) is 10.1. The number of carbonyl (C=O) groups excluding carboxylic acids is 1. The molecule has 2 saturated heterocycles. The lowest BCUT2D eigenvalue weighted by molar-refractivity contribution is 0.0499. The molecular formula is C29H32N6O2. The van der Waals surface area contributed by atoms with Crippen LogP contribution in [0.2, 0.25) is 0 Å². The lowest BCUT2D eigenvalue weighted by Gasteiger charge is -2.34. The number of aromatic amines is 1. The maximum absolute atomic E-state index is 13.3. The van der Waals surface area contributed by atoms with Gasteiger partial charge in [0.25, 0.3) is 5.91 Å². The predicted molar refractivity (Wildman–Crippen MR) is 144 cm³/mol. The maximum atomic E-state index is 13.3. The van der Waals surface area contributed by atoms with Gasteiger partial charge in [-0.2, -0.15) is 0 Å². The number of likely N-dealkylation sites (tertiary alicyclic amines) is 1. The summed E-state index contributed by atoms with van der Waals surface area (Å²) in [7, 11) is 0. The number of pyridine rings is 1. The summed E-state index contributed by atoms with van der Waals surface area (Å²) in [5, 5.41) is 4.25. The van der Waals surface area contributed by atoms with Gasteiger partial charge >= 0.3 is 0 Å². The summed E-state index contributed by atoms with van der Waals surface area (Å²) in [6, 6.07) is 15.5. The zero-order valence-corrected chi connectivity index (χ0v) is 20.9. The van der Waals surface area contributed by atoms with Gasteiger partial charge in [-0.05, 0) is 86.4 Å². The van der Waals surface area contributed by atoms with E-state index in [1.165, 1.54) is 19.3 Å². The van der Waals surface area contributed by atoms with E-state index in [9.17, 15) is 4.79 Å². The van der Waals surface area contributed by atoms with Crippen LogP contribution in [0.1, 0.15) is 42.6 Å². The van der Waals surface area contributed by atoms with Crippen molar-refractivity contribution in [2.75, 3.05) is 31.6 Å². The van der Waals surface area contributed by atoms with E-state index in [1.807, 2.05) is 53.4 Å². The van der Waals surface area contributed by atoms with E-state index in [0.29, 0.717) is 11.6 Å². The molecule has 0 radical (unpaired) electrons. The van der Waals surface area contributed by atoms with E-state index >= 15 is 0 Å². The molecule has 2 fully saturated rings. The molecule has 5 heterocycles. The Morgan fingerprint density at radius 3 is 2.59 bits per heavy atom. The van der Waals surface area contributed by atoms with Crippen molar-refractivity contribution in [2.45, 2.75) is 32.1 Å². The number of amides is 1. The molecule has 190 valence electrons. The second-order valence-corrected chi connectivity index (χ2v) is 10.1. The van der Waals surface area contributed by atoms with Crippen molar-refractivity contribution < 1.29 is 9.53 Å². The summed E-state index contributed by atoms with van der Waals surface area (Å²) in [6.07, 6.45) is 9.31. The van der Waals surface area contributed by atoms with E-state index in [1.54, 1.807) is 12.4 Å². The average Bonchev–Trinajstić information content (AvgIpc) is 3.38. The Labute approximate surface area is 216 Å². The van der Waals surface area contributed by atoms with Crippen LogP contribution in [0.5, 0.6) is 0 Å². The molecule has 2 N–H and O–H groups in total. The molecule has 0 unspecified atom stereocenters. The first kappa shape index (κ1) is 23.6. The summed E-state index contributed by atoms with van der Waals surface area (Å²) >= 11 is 0. The van der Waals surface area contributed by atoms with E-state index in [-0.39, 0.29) is 5.91 Å². The highest BCUT2D eigenvalue weighted by atomic mass is 16.5. The molecule has 0 aliphatic carbocycles. The van der Waals surface area contributed by atoms with Gasteiger partial charge in [0.05, 0.1) is 11.4 Å². The van der Waals surface area contributed by atoms with Gasteiger partial charge in [-0.15, -0.1) is 0 Å². The Kier molecular flexibility index (Phi) is 6.82. The Bertz CT molecular complexity index is 1360. The van der Waals surface area contributed by atoms with Crippen LogP contribution in [0, 0.1) is 11.8 Å². The Morgan fingerprint density at radius 2 is 1.78 bits per heavy atom. The van der Waals surface area contributed by atoms with Crippen molar-refractivity contribution in [3.63, 3.8) is 0 Å². The van der Waals surface area contributed by atoms with Gasteiger partial charge in [-0.3, -0.25) is 9.78 Å². The fraction of sp³-hybridized carbons (Fsp3) is 0.379. The number of aromatic nitrogens is 4. The van der Waals surface area contributed by atoms with Gasteiger partial charge in [0.2, 0.25) is 5.95 Å². The van der Waals surface area contributed by atoms with Crippen LogP contribution >= 0.6 is 0 Å². The summed E-state index contributed by atoms with van der Waals surface area (Å²) in [6.45, 7) is 3.48. The number of nitrogens with one attached hydrogen (secondary N) is 2. The van der Waals surface area contributed by atoms with Gasteiger partial charge in [0.1, 0.15) is 5.69 Å². The summed E-state index contributed by atoms with van der Waals surface area (Å²) in [4.78, 5) is 31.9. The standard InChI is InChI=1S/C29H32N6O2/c36-28(35-13-7-20(8-14-35)17-21-9-15-37-16-10-21)27-19-22-18-23(4-5-24(22)33-27)32-29-31-12-6-26(34-29)25-3-1-2-11-30-25/h1-6,11-12,18-21,33H,7-10,13-17H2,(H,31,32,34). The second kappa shape index (κ2) is 10.7. The number of hydrogen-bond acceptors (Lipinski definition) is 6. The quantitative estimate of drug-likeness (QED) is 0.369. The predicted octanol–water partition coefficient (Wildman–Crippen LogP) is 5.43. The molecule has 1 amide bonds. The van der Waals surface area contributed by atoms with Crippen molar-refractivity contribution >= 4 is 28.4 Å². The van der Waals surface area contributed by atoms with Crippen molar-refractivity contribution in [1.82, 2.24) is 24.8 Å². The number of hydrogen-bond donors (Lipinski definition) is 2. The number of nitrogens with zero attached hydrogens (tertiary/aromatic N) is 4. The SMILES string of the molecule is O=C(c1cc2cc(Nc3nccc(-c4ccccn4)n3)ccc2[nH]1)N1CCC(CC2CCOCC2)CC1. The third kappa shape index (κ3) is 5.49.